The van der Waals surface area contributed by atoms with Crippen LogP contribution in [-0.2, 0) is 0 Å². The molecule has 0 aliphatic heterocycles. The van der Waals surface area contributed by atoms with Gasteiger partial charge in [0, 0.05) is 18.1 Å². The second-order valence-electron chi connectivity index (χ2n) is 4.32. The highest BCUT2D eigenvalue weighted by Gasteiger charge is 2.35. The van der Waals surface area contributed by atoms with Crippen molar-refractivity contribution in [3.63, 3.8) is 0 Å². The Bertz CT molecular complexity index is 124. The lowest BCUT2D eigenvalue weighted by Gasteiger charge is -2.35. The van der Waals surface area contributed by atoms with Gasteiger partial charge in [-0.2, -0.15) is 0 Å². The lowest BCUT2D eigenvalue weighted by Crippen LogP contribution is -2.44. The van der Waals surface area contributed by atoms with Crippen LogP contribution in [0.2, 0.25) is 0 Å². The first kappa shape index (κ1) is 9.01. The van der Waals surface area contributed by atoms with Crippen LogP contribution in [0.15, 0.2) is 0 Å². The van der Waals surface area contributed by atoms with E-state index in [9.17, 15) is 0 Å². The SMILES string of the molecule is CC(C)(C)N(CCO)C1CC1. The molecule has 1 N–H and O–H groups in total. The largest absolute Gasteiger partial charge is 0.395 e. The van der Waals surface area contributed by atoms with Crippen molar-refractivity contribution in [1.82, 2.24) is 4.90 Å². The first-order chi connectivity index (χ1) is 5.05. The fourth-order valence-electron chi connectivity index (χ4n) is 1.56. The highest BCUT2D eigenvalue weighted by molar-refractivity contribution is 4.91. The number of rotatable bonds is 3. The summed E-state index contributed by atoms with van der Waals surface area (Å²) in [6.45, 7) is 7.74. The predicted molar refractivity (Wildman–Crippen MR) is 46.6 cm³/mol. The van der Waals surface area contributed by atoms with Gasteiger partial charge in [0.1, 0.15) is 0 Å². The summed E-state index contributed by atoms with van der Waals surface area (Å²) < 4.78 is 0. The van der Waals surface area contributed by atoms with Crippen LogP contribution in [0, 0.1) is 0 Å². The lowest BCUT2D eigenvalue weighted by atomic mass is 10.1. The normalized spacial score (nSPS) is 19.4. The Balaban J connectivity index is 2.44. The molecule has 0 aromatic heterocycles. The molecular formula is C9H19NO. The molecule has 1 rings (SSSR count). The van der Waals surface area contributed by atoms with Crippen LogP contribution in [0.5, 0.6) is 0 Å². The molecule has 0 aromatic rings. The molecule has 0 atom stereocenters. The third kappa shape index (κ3) is 2.46. The van der Waals surface area contributed by atoms with Crippen molar-refractivity contribution < 1.29 is 5.11 Å². The van der Waals surface area contributed by atoms with Crippen molar-refractivity contribution in [2.45, 2.75) is 45.2 Å². The summed E-state index contributed by atoms with van der Waals surface area (Å²) in [5.74, 6) is 0. The molecule has 1 aliphatic rings. The van der Waals surface area contributed by atoms with E-state index in [0.717, 1.165) is 12.6 Å². The highest BCUT2D eigenvalue weighted by Crippen LogP contribution is 2.31. The van der Waals surface area contributed by atoms with Gasteiger partial charge in [0.15, 0.2) is 0 Å². The molecule has 0 heterocycles. The van der Waals surface area contributed by atoms with Crippen molar-refractivity contribution >= 4 is 0 Å². The van der Waals surface area contributed by atoms with Crippen LogP contribution in [0.1, 0.15) is 33.6 Å². The zero-order valence-electron chi connectivity index (χ0n) is 7.80. The monoisotopic (exact) mass is 157 g/mol. The number of nitrogens with zero attached hydrogens (tertiary/aromatic N) is 1. The molecule has 1 aliphatic carbocycles. The van der Waals surface area contributed by atoms with Crippen molar-refractivity contribution in [2.24, 2.45) is 0 Å². The van der Waals surface area contributed by atoms with E-state index in [4.69, 9.17) is 5.11 Å². The van der Waals surface area contributed by atoms with Gasteiger partial charge in [-0.15, -0.1) is 0 Å². The number of aliphatic hydroxyl groups excluding tert-OH is 1. The van der Waals surface area contributed by atoms with Gasteiger partial charge in [0.2, 0.25) is 0 Å². The summed E-state index contributed by atoms with van der Waals surface area (Å²) in [6, 6.07) is 0.752. The fraction of sp³-hybridized carbons (Fsp3) is 1.00. The molecule has 1 fully saturated rings. The summed E-state index contributed by atoms with van der Waals surface area (Å²) in [6.07, 6.45) is 2.63. The number of hydrogen-bond acceptors (Lipinski definition) is 2. The maximum Gasteiger partial charge on any atom is 0.0558 e. The number of hydrogen-bond donors (Lipinski definition) is 1. The molecule has 0 amide bonds. The summed E-state index contributed by atoms with van der Waals surface area (Å²) in [5.41, 5.74) is 0.226. The Morgan fingerprint density at radius 1 is 1.36 bits per heavy atom. The maximum atomic E-state index is 8.84. The van der Waals surface area contributed by atoms with Crippen molar-refractivity contribution in [3.8, 4) is 0 Å². The fourth-order valence-corrected chi connectivity index (χ4v) is 1.56. The van der Waals surface area contributed by atoms with E-state index in [1.54, 1.807) is 0 Å². The van der Waals surface area contributed by atoms with E-state index in [0.29, 0.717) is 0 Å². The minimum absolute atomic E-state index is 0.226. The van der Waals surface area contributed by atoms with Crippen molar-refractivity contribution in [2.75, 3.05) is 13.2 Å². The Hall–Kier alpha value is -0.0800. The second-order valence-corrected chi connectivity index (χ2v) is 4.32. The molecule has 1 saturated carbocycles. The molecule has 0 saturated heterocycles. The summed E-state index contributed by atoms with van der Waals surface area (Å²) in [7, 11) is 0. The van der Waals surface area contributed by atoms with Crippen LogP contribution in [0.3, 0.4) is 0 Å². The average Bonchev–Trinajstić information content (AvgIpc) is 2.61. The molecule has 11 heavy (non-hydrogen) atoms. The Morgan fingerprint density at radius 3 is 2.18 bits per heavy atom. The molecule has 0 bridgehead atoms. The van der Waals surface area contributed by atoms with E-state index < -0.39 is 0 Å². The molecule has 66 valence electrons. The minimum Gasteiger partial charge on any atom is -0.395 e. The standard InChI is InChI=1S/C9H19NO/c1-9(2,3)10(6-7-11)8-4-5-8/h8,11H,4-7H2,1-3H3. The van der Waals surface area contributed by atoms with Gasteiger partial charge < -0.3 is 5.11 Å². The quantitative estimate of drug-likeness (QED) is 0.666. The summed E-state index contributed by atoms with van der Waals surface area (Å²) >= 11 is 0. The molecule has 0 spiro atoms. The molecule has 2 nitrogen and oxygen atoms in total. The summed E-state index contributed by atoms with van der Waals surface area (Å²) in [5, 5.41) is 8.84. The van der Waals surface area contributed by atoms with Crippen LogP contribution >= 0.6 is 0 Å². The Labute approximate surface area is 69.2 Å². The smallest absolute Gasteiger partial charge is 0.0558 e. The third-order valence-corrected chi connectivity index (χ3v) is 2.19. The van der Waals surface area contributed by atoms with Crippen molar-refractivity contribution in [3.05, 3.63) is 0 Å². The van der Waals surface area contributed by atoms with Crippen LogP contribution in [-0.4, -0.2) is 34.7 Å². The Morgan fingerprint density at radius 2 is 1.91 bits per heavy atom. The van der Waals surface area contributed by atoms with Crippen LogP contribution in [0.4, 0.5) is 0 Å². The van der Waals surface area contributed by atoms with E-state index >= 15 is 0 Å². The lowest BCUT2D eigenvalue weighted by molar-refractivity contribution is 0.0978. The molecule has 2 heteroatoms. The molecule has 0 unspecified atom stereocenters. The molecule has 0 aromatic carbocycles. The first-order valence-electron chi connectivity index (χ1n) is 4.43. The molecular weight excluding hydrogens is 138 g/mol. The zero-order chi connectivity index (χ0) is 8.48. The zero-order valence-corrected chi connectivity index (χ0v) is 7.80. The summed E-state index contributed by atoms with van der Waals surface area (Å²) in [4.78, 5) is 2.40. The first-order valence-corrected chi connectivity index (χ1v) is 4.43. The van der Waals surface area contributed by atoms with Gasteiger partial charge in [0.05, 0.1) is 6.61 Å². The number of aliphatic hydroxyl groups is 1. The van der Waals surface area contributed by atoms with E-state index in [-0.39, 0.29) is 12.1 Å². The Kier molecular flexibility index (Phi) is 2.55. The van der Waals surface area contributed by atoms with E-state index in [1.165, 1.54) is 12.8 Å². The maximum absolute atomic E-state index is 8.84. The van der Waals surface area contributed by atoms with Gasteiger partial charge in [-0.25, -0.2) is 0 Å². The topological polar surface area (TPSA) is 23.5 Å². The van der Waals surface area contributed by atoms with Crippen LogP contribution in [0.25, 0.3) is 0 Å². The van der Waals surface area contributed by atoms with Gasteiger partial charge in [-0.1, -0.05) is 0 Å². The third-order valence-electron chi connectivity index (χ3n) is 2.19. The molecule has 0 radical (unpaired) electrons. The van der Waals surface area contributed by atoms with Crippen molar-refractivity contribution in [1.29, 1.82) is 0 Å². The second kappa shape index (κ2) is 3.11. The van der Waals surface area contributed by atoms with Crippen LogP contribution < -0.4 is 0 Å². The predicted octanol–water partition coefficient (Wildman–Crippen LogP) is 1.24. The van der Waals surface area contributed by atoms with E-state index in [2.05, 4.69) is 25.7 Å². The van der Waals surface area contributed by atoms with Gasteiger partial charge in [0.25, 0.3) is 0 Å². The minimum atomic E-state index is 0.226. The van der Waals surface area contributed by atoms with E-state index in [1.807, 2.05) is 0 Å². The number of β-amino-alcohol motifs (C(OH)–C–C–N with tert-alkyl or cyclic N) is 1. The van der Waals surface area contributed by atoms with Gasteiger partial charge in [-0.05, 0) is 33.6 Å². The van der Waals surface area contributed by atoms with Gasteiger partial charge in [-0.3, -0.25) is 4.90 Å². The average molecular weight is 157 g/mol. The van der Waals surface area contributed by atoms with Gasteiger partial charge >= 0.3 is 0 Å². The highest BCUT2D eigenvalue weighted by atomic mass is 16.3.